The molecule has 0 saturated heterocycles. The van der Waals surface area contributed by atoms with Crippen molar-refractivity contribution in [3.8, 4) is 0 Å². The molecule has 0 radical (unpaired) electrons. The van der Waals surface area contributed by atoms with Crippen LogP contribution in [0.3, 0.4) is 0 Å². The fourth-order valence-corrected chi connectivity index (χ4v) is 4.94. The molecule has 7 heteroatoms. The summed E-state index contributed by atoms with van der Waals surface area (Å²) in [7, 11) is -1.97. The minimum atomic E-state index is -3.66. The lowest BCUT2D eigenvalue weighted by atomic mass is 9.78. The molecule has 1 amide bonds. The maximum Gasteiger partial charge on any atom is 0.285 e. The number of hydrogen-bond donors (Lipinski definition) is 1. The summed E-state index contributed by atoms with van der Waals surface area (Å²) in [6.07, 6.45) is 3.34. The Hall–Kier alpha value is -1.89. The third-order valence-electron chi connectivity index (χ3n) is 5.41. The minimum Gasteiger partial charge on any atom is -0.352 e. The van der Waals surface area contributed by atoms with E-state index in [-0.39, 0.29) is 23.4 Å². The van der Waals surface area contributed by atoms with E-state index in [0.717, 1.165) is 12.8 Å². The highest BCUT2D eigenvalue weighted by atomic mass is 32.2. The summed E-state index contributed by atoms with van der Waals surface area (Å²) in [6, 6.07) is 6.89. The van der Waals surface area contributed by atoms with Gasteiger partial charge in [0.05, 0.1) is 6.54 Å². The molecule has 1 aliphatic carbocycles. The van der Waals surface area contributed by atoms with Crippen LogP contribution in [0.1, 0.15) is 38.7 Å². The number of carbonyl (C=O) groups excluding carboxylic acids is 1. The molecule has 1 N–H and O–H groups in total. The summed E-state index contributed by atoms with van der Waals surface area (Å²) in [5.41, 5.74) is 0.553. The normalized spacial score (nSPS) is 27.3. The Balaban J connectivity index is 1.69. The molecule has 2 aliphatic rings. The number of rotatable bonds is 3. The summed E-state index contributed by atoms with van der Waals surface area (Å²) in [4.78, 5) is 14.3. The first-order valence-electron chi connectivity index (χ1n) is 8.74. The van der Waals surface area contributed by atoms with Crippen LogP contribution in [-0.2, 0) is 14.8 Å². The molecule has 6 nitrogen and oxygen atoms in total. The monoisotopic (exact) mass is 363 g/mol. The van der Waals surface area contributed by atoms with Gasteiger partial charge in [-0.1, -0.05) is 38.8 Å². The van der Waals surface area contributed by atoms with Crippen molar-refractivity contribution in [3.05, 3.63) is 29.8 Å². The average Bonchev–Trinajstić information content (AvgIpc) is 2.84. The van der Waals surface area contributed by atoms with Gasteiger partial charge < -0.3 is 10.2 Å². The molecule has 1 aromatic rings. The molecule has 1 aromatic carbocycles. The zero-order valence-corrected chi connectivity index (χ0v) is 15.7. The van der Waals surface area contributed by atoms with Crippen LogP contribution in [0.15, 0.2) is 33.6 Å². The fourth-order valence-electron chi connectivity index (χ4n) is 3.69. The zero-order chi connectivity index (χ0) is 18.2. The van der Waals surface area contributed by atoms with Gasteiger partial charge in [-0.05, 0) is 30.4 Å². The van der Waals surface area contributed by atoms with E-state index in [1.165, 1.54) is 6.42 Å². The quantitative estimate of drug-likeness (QED) is 0.891. The molecule has 136 valence electrons. The number of benzene rings is 1. The highest BCUT2D eigenvalue weighted by Crippen LogP contribution is 2.30. The Morgan fingerprint density at radius 2 is 2.00 bits per heavy atom. The Bertz CT molecular complexity index is 804. The van der Waals surface area contributed by atoms with Gasteiger partial charge in [0.1, 0.15) is 4.90 Å². The van der Waals surface area contributed by atoms with E-state index >= 15 is 0 Å². The van der Waals surface area contributed by atoms with Crippen molar-refractivity contribution in [1.82, 2.24) is 10.2 Å². The standard InChI is InChI=1S/C18H25N3O3S/c1-12-7-6-9-15(13(12)2)19-17(22)11-21(3)18-14-8-4-5-10-16(14)25(23,24)20-18/h4-5,8,10,12-13,15H,6-7,9,11H2,1-3H3,(H,19,22)/t12-,13+,15+/m1/s1. The summed E-state index contributed by atoms with van der Waals surface area (Å²) in [5, 5.41) is 3.11. The van der Waals surface area contributed by atoms with Crippen LogP contribution in [0.4, 0.5) is 0 Å². The van der Waals surface area contributed by atoms with Crippen LogP contribution >= 0.6 is 0 Å². The molecule has 1 aliphatic heterocycles. The van der Waals surface area contributed by atoms with Crippen molar-refractivity contribution in [2.24, 2.45) is 16.2 Å². The zero-order valence-electron chi connectivity index (χ0n) is 14.9. The molecular formula is C18H25N3O3S. The van der Waals surface area contributed by atoms with Crippen molar-refractivity contribution in [1.29, 1.82) is 0 Å². The Kier molecular flexibility index (Phi) is 4.86. The van der Waals surface area contributed by atoms with Gasteiger partial charge in [0.2, 0.25) is 5.91 Å². The van der Waals surface area contributed by atoms with Gasteiger partial charge in [0.25, 0.3) is 10.0 Å². The highest BCUT2D eigenvalue weighted by Gasteiger charge is 2.32. The number of nitrogens with one attached hydrogen (secondary N) is 1. The Morgan fingerprint density at radius 1 is 1.28 bits per heavy atom. The van der Waals surface area contributed by atoms with Crippen LogP contribution in [0, 0.1) is 11.8 Å². The van der Waals surface area contributed by atoms with Crippen LogP contribution in [0.5, 0.6) is 0 Å². The van der Waals surface area contributed by atoms with Crippen molar-refractivity contribution in [2.75, 3.05) is 13.6 Å². The van der Waals surface area contributed by atoms with E-state index in [4.69, 9.17) is 0 Å². The lowest BCUT2D eigenvalue weighted by Crippen LogP contribution is -2.47. The third-order valence-corrected chi connectivity index (χ3v) is 6.73. The second-order valence-corrected chi connectivity index (χ2v) is 8.76. The molecule has 1 heterocycles. The van der Waals surface area contributed by atoms with Gasteiger partial charge in [0, 0.05) is 18.7 Å². The van der Waals surface area contributed by atoms with E-state index in [0.29, 0.717) is 23.2 Å². The first-order chi connectivity index (χ1) is 11.8. The number of fused-ring (bicyclic) bond motifs is 1. The number of carbonyl (C=O) groups is 1. The van der Waals surface area contributed by atoms with Gasteiger partial charge in [-0.25, -0.2) is 0 Å². The SMILES string of the molecule is C[C@H]1[C@H](C)CCC[C@@H]1NC(=O)CN(C)C1=NS(=O)(=O)c2ccccc21. The summed E-state index contributed by atoms with van der Waals surface area (Å²) < 4.78 is 28.1. The third kappa shape index (κ3) is 3.56. The molecule has 3 rings (SSSR count). The molecular weight excluding hydrogens is 338 g/mol. The molecule has 0 spiro atoms. The van der Waals surface area contributed by atoms with E-state index < -0.39 is 10.0 Å². The van der Waals surface area contributed by atoms with Gasteiger partial charge in [-0.2, -0.15) is 8.42 Å². The van der Waals surface area contributed by atoms with Crippen LogP contribution in [-0.4, -0.2) is 44.7 Å². The van der Waals surface area contributed by atoms with Crippen molar-refractivity contribution < 1.29 is 13.2 Å². The minimum absolute atomic E-state index is 0.0836. The van der Waals surface area contributed by atoms with E-state index in [1.807, 2.05) is 0 Å². The van der Waals surface area contributed by atoms with Crippen LogP contribution < -0.4 is 5.32 Å². The highest BCUT2D eigenvalue weighted by molar-refractivity contribution is 7.90. The fraction of sp³-hybridized carbons (Fsp3) is 0.556. The van der Waals surface area contributed by atoms with Gasteiger partial charge in [-0.3, -0.25) is 4.79 Å². The molecule has 25 heavy (non-hydrogen) atoms. The summed E-state index contributed by atoms with van der Waals surface area (Å²) in [5.74, 6) is 1.29. The number of likely N-dealkylation sites (N-methyl/N-ethyl adjacent to an activating group) is 1. The number of hydrogen-bond acceptors (Lipinski definition) is 4. The van der Waals surface area contributed by atoms with E-state index in [9.17, 15) is 13.2 Å². The Morgan fingerprint density at radius 3 is 2.76 bits per heavy atom. The summed E-state index contributed by atoms with van der Waals surface area (Å²) >= 11 is 0. The number of amides is 1. The molecule has 3 atom stereocenters. The largest absolute Gasteiger partial charge is 0.352 e. The second-order valence-electron chi connectivity index (χ2n) is 7.18. The van der Waals surface area contributed by atoms with Gasteiger partial charge >= 0.3 is 0 Å². The van der Waals surface area contributed by atoms with Crippen molar-refractivity contribution in [3.63, 3.8) is 0 Å². The smallest absolute Gasteiger partial charge is 0.285 e. The summed E-state index contributed by atoms with van der Waals surface area (Å²) in [6.45, 7) is 4.49. The molecule has 0 aromatic heterocycles. The van der Waals surface area contributed by atoms with E-state index in [2.05, 4.69) is 23.6 Å². The number of sulfonamides is 1. The first-order valence-corrected chi connectivity index (χ1v) is 10.2. The number of amidine groups is 1. The van der Waals surface area contributed by atoms with Gasteiger partial charge in [-0.15, -0.1) is 4.40 Å². The average molecular weight is 363 g/mol. The molecule has 0 bridgehead atoms. The van der Waals surface area contributed by atoms with Gasteiger partial charge in [0.15, 0.2) is 5.84 Å². The van der Waals surface area contributed by atoms with Crippen LogP contribution in [0.25, 0.3) is 0 Å². The first kappa shape index (κ1) is 17.9. The van der Waals surface area contributed by atoms with E-state index in [1.54, 1.807) is 36.2 Å². The maximum absolute atomic E-state index is 12.4. The topological polar surface area (TPSA) is 78.8 Å². The molecule has 0 unspecified atom stereocenters. The van der Waals surface area contributed by atoms with Crippen molar-refractivity contribution in [2.45, 2.75) is 44.0 Å². The van der Waals surface area contributed by atoms with Crippen LogP contribution in [0.2, 0.25) is 0 Å². The Labute approximate surface area is 149 Å². The second kappa shape index (κ2) is 6.78. The maximum atomic E-state index is 12.4. The number of nitrogens with zero attached hydrogens (tertiary/aromatic N) is 2. The lowest BCUT2D eigenvalue weighted by Gasteiger charge is -2.35. The van der Waals surface area contributed by atoms with Crippen molar-refractivity contribution >= 4 is 21.8 Å². The molecule has 1 saturated carbocycles. The predicted molar refractivity (Wildman–Crippen MR) is 96.9 cm³/mol. The lowest BCUT2D eigenvalue weighted by molar-refractivity contribution is -0.122. The predicted octanol–water partition coefficient (Wildman–Crippen LogP) is 2.01. The molecule has 1 fully saturated rings.